The van der Waals surface area contributed by atoms with Crippen LogP contribution in [-0.2, 0) is 6.42 Å². The van der Waals surface area contributed by atoms with Crippen LogP contribution in [0.5, 0.6) is 0 Å². The van der Waals surface area contributed by atoms with Crippen molar-refractivity contribution in [2.24, 2.45) is 0 Å². The molecule has 0 aliphatic carbocycles. The Balaban J connectivity index is 1.56. The molecule has 0 spiro atoms. The van der Waals surface area contributed by atoms with Crippen molar-refractivity contribution in [3.05, 3.63) is 70.7 Å². The molecule has 0 aliphatic heterocycles. The second kappa shape index (κ2) is 7.81. The highest BCUT2D eigenvalue weighted by Gasteiger charge is 2.08. The molecular weight excluding hydrogens is 340 g/mol. The summed E-state index contributed by atoms with van der Waals surface area (Å²) in [6, 6.07) is 11.0. The monoisotopic (exact) mass is 356 g/mol. The van der Waals surface area contributed by atoms with Gasteiger partial charge in [-0.05, 0) is 37.1 Å². The van der Waals surface area contributed by atoms with Crippen LogP contribution in [0, 0.1) is 6.92 Å². The van der Waals surface area contributed by atoms with Crippen molar-refractivity contribution in [3.8, 4) is 0 Å². The molecule has 0 radical (unpaired) electrons. The van der Waals surface area contributed by atoms with Gasteiger partial charge in [-0.25, -0.2) is 0 Å². The number of anilines is 2. The van der Waals surface area contributed by atoms with Crippen molar-refractivity contribution < 1.29 is 9.32 Å². The molecule has 128 valence electrons. The number of pyridine rings is 1. The molecule has 0 saturated heterocycles. The lowest BCUT2D eigenvalue weighted by Gasteiger charge is -2.07. The predicted molar refractivity (Wildman–Crippen MR) is 96.2 cm³/mol. The summed E-state index contributed by atoms with van der Waals surface area (Å²) in [6.45, 7) is 2.33. The maximum absolute atomic E-state index is 12.3. The zero-order chi connectivity index (χ0) is 17.6. The summed E-state index contributed by atoms with van der Waals surface area (Å²) in [5.41, 5.74) is 2.25. The first-order valence-corrected chi connectivity index (χ1v) is 8.16. The van der Waals surface area contributed by atoms with Gasteiger partial charge in [-0.15, -0.1) is 0 Å². The van der Waals surface area contributed by atoms with Crippen LogP contribution in [0.3, 0.4) is 0 Å². The van der Waals surface area contributed by atoms with Gasteiger partial charge in [0.2, 0.25) is 0 Å². The number of carbonyl (C=O) groups excluding carboxylic acids is 1. The van der Waals surface area contributed by atoms with Crippen LogP contribution in [0.25, 0.3) is 0 Å². The van der Waals surface area contributed by atoms with Gasteiger partial charge in [-0.1, -0.05) is 28.9 Å². The molecule has 25 heavy (non-hydrogen) atoms. The number of hydrogen-bond donors (Lipinski definition) is 2. The van der Waals surface area contributed by atoms with E-state index in [1.54, 1.807) is 25.3 Å². The predicted octanol–water partition coefficient (Wildman–Crippen LogP) is 3.75. The van der Waals surface area contributed by atoms with E-state index in [4.69, 9.17) is 16.1 Å². The van der Waals surface area contributed by atoms with Gasteiger partial charge in [0.1, 0.15) is 5.76 Å². The minimum Gasteiger partial charge on any atom is -0.360 e. The molecule has 1 aromatic carbocycles. The highest BCUT2D eigenvalue weighted by atomic mass is 35.5. The van der Waals surface area contributed by atoms with Crippen LogP contribution in [0.15, 0.2) is 53.3 Å². The second-order valence-electron chi connectivity index (χ2n) is 5.54. The highest BCUT2D eigenvalue weighted by Crippen LogP contribution is 2.16. The Morgan fingerprint density at radius 2 is 2.00 bits per heavy atom. The van der Waals surface area contributed by atoms with Gasteiger partial charge in [0.05, 0.1) is 17.4 Å². The Hall–Kier alpha value is -2.86. The lowest BCUT2D eigenvalue weighted by atomic mass is 10.1. The van der Waals surface area contributed by atoms with E-state index >= 15 is 0 Å². The maximum Gasteiger partial charge on any atom is 0.252 e. The van der Waals surface area contributed by atoms with Crippen LogP contribution in [0.1, 0.15) is 21.7 Å². The normalized spacial score (nSPS) is 10.5. The number of aryl methyl sites for hydroxylation is 1. The molecule has 0 bridgehead atoms. The molecule has 0 unspecified atom stereocenters. The molecule has 7 heteroatoms. The molecule has 3 rings (SSSR count). The standard InChI is InChI=1S/C18H17ClN4O2/c1-12-8-17(23-25-12)22-16-9-14(10-20-11-16)18(24)21-7-6-13-2-4-15(19)5-3-13/h2-5,8-11H,6-7H2,1H3,(H,21,24)(H,22,23). The number of aromatic nitrogens is 2. The third kappa shape index (κ3) is 4.81. The molecule has 3 aromatic rings. The number of nitrogens with zero attached hydrogens (tertiary/aromatic N) is 2. The smallest absolute Gasteiger partial charge is 0.252 e. The number of hydrogen-bond acceptors (Lipinski definition) is 5. The van der Waals surface area contributed by atoms with Gasteiger partial charge >= 0.3 is 0 Å². The topological polar surface area (TPSA) is 80.0 Å². The van der Waals surface area contributed by atoms with E-state index in [1.807, 2.05) is 24.3 Å². The Bertz CT molecular complexity index is 862. The van der Waals surface area contributed by atoms with E-state index in [9.17, 15) is 4.79 Å². The number of rotatable bonds is 6. The first-order valence-electron chi connectivity index (χ1n) is 7.78. The SMILES string of the molecule is Cc1cc(Nc2cncc(C(=O)NCCc3ccc(Cl)cc3)c2)no1. The molecule has 0 saturated carbocycles. The Kier molecular flexibility index (Phi) is 5.30. The first-order chi connectivity index (χ1) is 12.1. The zero-order valence-corrected chi connectivity index (χ0v) is 14.4. The summed E-state index contributed by atoms with van der Waals surface area (Å²) in [7, 11) is 0. The fraction of sp³-hybridized carbons (Fsp3) is 0.167. The van der Waals surface area contributed by atoms with E-state index in [0.29, 0.717) is 34.4 Å². The van der Waals surface area contributed by atoms with Crippen LogP contribution in [0.2, 0.25) is 5.02 Å². The van der Waals surface area contributed by atoms with Crippen molar-refractivity contribution in [3.63, 3.8) is 0 Å². The largest absolute Gasteiger partial charge is 0.360 e. The number of nitrogens with one attached hydrogen (secondary N) is 2. The van der Waals surface area contributed by atoms with Gasteiger partial charge in [0.15, 0.2) is 5.82 Å². The third-order valence-corrected chi connectivity index (χ3v) is 3.77. The zero-order valence-electron chi connectivity index (χ0n) is 13.6. The molecule has 0 atom stereocenters. The molecular formula is C18H17ClN4O2. The number of amides is 1. The Labute approximate surface area is 150 Å². The number of carbonyl (C=O) groups is 1. The van der Waals surface area contributed by atoms with Crippen molar-refractivity contribution in [1.82, 2.24) is 15.5 Å². The van der Waals surface area contributed by atoms with Crippen LogP contribution in [-0.4, -0.2) is 22.6 Å². The quantitative estimate of drug-likeness (QED) is 0.703. The van der Waals surface area contributed by atoms with Gasteiger partial charge in [0.25, 0.3) is 5.91 Å². The molecule has 2 N–H and O–H groups in total. The van der Waals surface area contributed by atoms with Gasteiger partial charge in [0, 0.05) is 23.8 Å². The number of halogens is 1. The van der Waals surface area contributed by atoms with Crippen molar-refractivity contribution in [1.29, 1.82) is 0 Å². The summed E-state index contributed by atoms with van der Waals surface area (Å²) in [4.78, 5) is 16.4. The average molecular weight is 357 g/mol. The third-order valence-electron chi connectivity index (χ3n) is 3.51. The van der Waals surface area contributed by atoms with E-state index in [-0.39, 0.29) is 5.91 Å². The highest BCUT2D eigenvalue weighted by molar-refractivity contribution is 6.30. The van der Waals surface area contributed by atoms with Crippen molar-refractivity contribution in [2.45, 2.75) is 13.3 Å². The van der Waals surface area contributed by atoms with Crippen LogP contribution >= 0.6 is 11.6 Å². The molecule has 1 amide bonds. The maximum atomic E-state index is 12.3. The van der Waals surface area contributed by atoms with Gasteiger partial charge in [-0.3, -0.25) is 9.78 Å². The second-order valence-corrected chi connectivity index (χ2v) is 5.98. The minimum absolute atomic E-state index is 0.179. The molecule has 2 heterocycles. The minimum atomic E-state index is -0.179. The molecule has 2 aromatic heterocycles. The summed E-state index contributed by atoms with van der Waals surface area (Å²) in [6.07, 6.45) is 3.87. The fourth-order valence-corrected chi connectivity index (χ4v) is 2.41. The van der Waals surface area contributed by atoms with E-state index in [1.165, 1.54) is 6.20 Å². The Morgan fingerprint density at radius 3 is 2.72 bits per heavy atom. The molecule has 0 aliphatic rings. The molecule has 0 fully saturated rings. The van der Waals surface area contributed by atoms with Crippen LogP contribution in [0.4, 0.5) is 11.5 Å². The summed E-state index contributed by atoms with van der Waals surface area (Å²) in [5, 5.41) is 10.5. The Morgan fingerprint density at radius 1 is 1.20 bits per heavy atom. The van der Waals surface area contributed by atoms with Gasteiger partial charge in [-0.2, -0.15) is 0 Å². The lowest BCUT2D eigenvalue weighted by Crippen LogP contribution is -2.25. The van der Waals surface area contributed by atoms with Gasteiger partial charge < -0.3 is 15.2 Å². The average Bonchev–Trinajstić information content (AvgIpc) is 3.01. The van der Waals surface area contributed by atoms with Crippen LogP contribution < -0.4 is 10.6 Å². The lowest BCUT2D eigenvalue weighted by molar-refractivity contribution is 0.0954. The van der Waals surface area contributed by atoms with E-state index < -0.39 is 0 Å². The summed E-state index contributed by atoms with van der Waals surface area (Å²) < 4.78 is 5.00. The van der Waals surface area contributed by atoms with Crippen molar-refractivity contribution in [2.75, 3.05) is 11.9 Å². The summed E-state index contributed by atoms with van der Waals surface area (Å²) >= 11 is 5.86. The van der Waals surface area contributed by atoms with Crippen molar-refractivity contribution >= 4 is 29.0 Å². The first kappa shape index (κ1) is 17.0. The fourth-order valence-electron chi connectivity index (χ4n) is 2.28. The van der Waals surface area contributed by atoms with E-state index in [0.717, 1.165) is 12.0 Å². The number of benzene rings is 1. The van der Waals surface area contributed by atoms with E-state index in [2.05, 4.69) is 20.8 Å². The molecule has 6 nitrogen and oxygen atoms in total. The summed E-state index contributed by atoms with van der Waals surface area (Å²) in [5.74, 6) is 1.09.